The van der Waals surface area contributed by atoms with Gasteiger partial charge in [-0.2, -0.15) is 0 Å². The van der Waals surface area contributed by atoms with Gasteiger partial charge in [-0.05, 0) is 20.4 Å². The molecule has 0 saturated carbocycles. The minimum absolute atomic E-state index is 0.155. The van der Waals surface area contributed by atoms with Crippen molar-refractivity contribution in [1.29, 1.82) is 0 Å². The van der Waals surface area contributed by atoms with Crippen LogP contribution in [0, 0.1) is 0 Å². The maximum Gasteiger partial charge on any atom is 0.271 e. The monoisotopic (exact) mass is 116 g/mol. The lowest BCUT2D eigenvalue weighted by Crippen LogP contribution is -2.01. The molecule has 0 heterocycles. The molecule has 8 heavy (non-hydrogen) atoms. The SMILES string of the molecule is C=C(OC)OC(C)C. The molecular formula is C6H12O2. The average molecular weight is 116 g/mol. The molecular weight excluding hydrogens is 104 g/mol. The van der Waals surface area contributed by atoms with Crippen molar-refractivity contribution in [3.63, 3.8) is 0 Å². The Morgan fingerprint density at radius 3 is 2.12 bits per heavy atom. The third kappa shape index (κ3) is 3.53. The maximum absolute atomic E-state index is 4.98. The van der Waals surface area contributed by atoms with Gasteiger partial charge in [-0.15, -0.1) is 0 Å². The fourth-order valence-electron chi connectivity index (χ4n) is 0.311. The molecule has 0 aliphatic carbocycles. The summed E-state index contributed by atoms with van der Waals surface area (Å²) in [5.41, 5.74) is 0. The minimum Gasteiger partial charge on any atom is -0.469 e. The highest BCUT2D eigenvalue weighted by Gasteiger charge is 1.93. The van der Waals surface area contributed by atoms with Gasteiger partial charge in [0.2, 0.25) is 0 Å². The Labute approximate surface area is 50.1 Å². The van der Waals surface area contributed by atoms with E-state index < -0.39 is 0 Å². The van der Waals surface area contributed by atoms with Crippen molar-refractivity contribution in [2.75, 3.05) is 7.11 Å². The molecule has 0 bridgehead atoms. The summed E-state index contributed by atoms with van der Waals surface area (Å²) < 4.78 is 9.63. The quantitative estimate of drug-likeness (QED) is 0.520. The summed E-state index contributed by atoms with van der Waals surface area (Å²) in [6.45, 7) is 7.31. The van der Waals surface area contributed by atoms with Crippen molar-refractivity contribution in [2.24, 2.45) is 0 Å². The Balaban J connectivity index is 3.25. The highest BCUT2D eigenvalue weighted by Crippen LogP contribution is 1.97. The molecule has 0 aliphatic heterocycles. The second-order valence-corrected chi connectivity index (χ2v) is 1.74. The van der Waals surface area contributed by atoms with Crippen LogP contribution in [0.2, 0.25) is 0 Å². The predicted octanol–water partition coefficient (Wildman–Crippen LogP) is 1.53. The first kappa shape index (κ1) is 7.34. The summed E-state index contributed by atoms with van der Waals surface area (Å²) in [6, 6.07) is 0. The van der Waals surface area contributed by atoms with E-state index >= 15 is 0 Å². The largest absolute Gasteiger partial charge is 0.469 e. The second kappa shape index (κ2) is 3.36. The lowest BCUT2D eigenvalue weighted by atomic mass is 10.5. The van der Waals surface area contributed by atoms with Gasteiger partial charge in [-0.3, -0.25) is 0 Å². The lowest BCUT2D eigenvalue weighted by Gasteiger charge is -2.09. The fourth-order valence-corrected chi connectivity index (χ4v) is 0.311. The molecule has 0 amide bonds. The zero-order chi connectivity index (χ0) is 6.57. The van der Waals surface area contributed by atoms with E-state index in [0.717, 1.165) is 0 Å². The summed E-state index contributed by atoms with van der Waals surface area (Å²) in [4.78, 5) is 0. The van der Waals surface area contributed by atoms with Crippen molar-refractivity contribution < 1.29 is 9.47 Å². The first-order valence-electron chi connectivity index (χ1n) is 2.56. The van der Waals surface area contributed by atoms with Gasteiger partial charge < -0.3 is 9.47 Å². The molecule has 2 heteroatoms. The van der Waals surface area contributed by atoms with Crippen LogP contribution >= 0.6 is 0 Å². The van der Waals surface area contributed by atoms with Crippen molar-refractivity contribution in [3.05, 3.63) is 12.5 Å². The third-order valence-electron chi connectivity index (χ3n) is 0.595. The molecule has 0 atom stereocenters. The van der Waals surface area contributed by atoms with Gasteiger partial charge in [0.1, 0.15) is 0 Å². The standard InChI is InChI=1S/C6H12O2/c1-5(2)8-6(3)7-4/h5H,3H2,1-2,4H3. The van der Waals surface area contributed by atoms with E-state index in [2.05, 4.69) is 11.3 Å². The summed E-state index contributed by atoms with van der Waals surface area (Å²) >= 11 is 0. The Hall–Kier alpha value is -0.660. The molecule has 0 saturated heterocycles. The van der Waals surface area contributed by atoms with Crippen molar-refractivity contribution in [3.8, 4) is 0 Å². The minimum atomic E-state index is 0.155. The van der Waals surface area contributed by atoms with E-state index in [9.17, 15) is 0 Å². The third-order valence-corrected chi connectivity index (χ3v) is 0.595. The number of hydrogen-bond acceptors (Lipinski definition) is 2. The highest BCUT2D eigenvalue weighted by atomic mass is 16.7. The second-order valence-electron chi connectivity index (χ2n) is 1.74. The zero-order valence-electron chi connectivity index (χ0n) is 5.60. The van der Waals surface area contributed by atoms with Gasteiger partial charge in [0.25, 0.3) is 5.95 Å². The smallest absolute Gasteiger partial charge is 0.271 e. The molecule has 0 aromatic carbocycles. The van der Waals surface area contributed by atoms with Crippen molar-refractivity contribution in [2.45, 2.75) is 20.0 Å². The van der Waals surface area contributed by atoms with Gasteiger partial charge in [-0.1, -0.05) is 0 Å². The van der Waals surface area contributed by atoms with Crippen molar-refractivity contribution >= 4 is 0 Å². The molecule has 0 unspecified atom stereocenters. The van der Waals surface area contributed by atoms with E-state index in [1.807, 2.05) is 13.8 Å². The van der Waals surface area contributed by atoms with Crippen LogP contribution in [-0.4, -0.2) is 13.2 Å². The normalized spacial score (nSPS) is 9.00. The van der Waals surface area contributed by atoms with Gasteiger partial charge in [0.05, 0.1) is 13.2 Å². The van der Waals surface area contributed by atoms with E-state index in [1.165, 1.54) is 7.11 Å². The van der Waals surface area contributed by atoms with Crippen LogP contribution in [0.3, 0.4) is 0 Å². The van der Waals surface area contributed by atoms with E-state index in [4.69, 9.17) is 4.74 Å². The van der Waals surface area contributed by atoms with Gasteiger partial charge in [0, 0.05) is 0 Å². The molecule has 0 aromatic heterocycles. The van der Waals surface area contributed by atoms with Crippen LogP contribution in [0.4, 0.5) is 0 Å². The van der Waals surface area contributed by atoms with E-state index in [0.29, 0.717) is 5.95 Å². The van der Waals surface area contributed by atoms with E-state index in [-0.39, 0.29) is 6.10 Å². The zero-order valence-corrected chi connectivity index (χ0v) is 5.60. The van der Waals surface area contributed by atoms with Crippen LogP contribution in [0.1, 0.15) is 13.8 Å². The summed E-state index contributed by atoms with van der Waals surface area (Å²) in [5.74, 6) is 0.375. The summed E-state index contributed by atoms with van der Waals surface area (Å²) in [7, 11) is 1.53. The number of rotatable bonds is 3. The Morgan fingerprint density at radius 2 is 2.00 bits per heavy atom. The topological polar surface area (TPSA) is 18.5 Å². The van der Waals surface area contributed by atoms with Crippen LogP contribution in [0.25, 0.3) is 0 Å². The summed E-state index contributed by atoms with van der Waals surface area (Å²) in [6.07, 6.45) is 0.155. The number of hydrogen-bond donors (Lipinski definition) is 0. The first-order chi connectivity index (χ1) is 3.66. The molecule has 0 spiro atoms. The molecule has 2 nitrogen and oxygen atoms in total. The van der Waals surface area contributed by atoms with Crippen LogP contribution in [0.5, 0.6) is 0 Å². The molecule has 0 radical (unpaired) electrons. The molecule has 48 valence electrons. The van der Waals surface area contributed by atoms with Crippen LogP contribution in [0.15, 0.2) is 12.5 Å². The Kier molecular flexibility index (Phi) is 3.08. The molecule has 0 N–H and O–H groups in total. The molecule has 0 aliphatic rings. The highest BCUT2D eigenvalue weighted by molar-refractivity contribution is 4.67. The lowest BCUT2D eigenvalue weighted by molar-refractivity contribution is 0.0294. The summed E-state index contributed by atoms with van der Waals surface area (Å²) in [5, 5.41) is 0. The number of methoxy groups -OCH3 is 1. The predicted molar refractivity (Wildman–Crippen MR) is 32.4 cm³/mol. The van der Waals surface area contributed by atoms with E-state index in [1.54, 1.807) is 0 Å². The fraction of sp³-hybridized carbons (Fsp3) is 0.667. The molecule has 0 rings (SSSR count). The van der Waals surface area contributed by atoms with Crippen LogP contribution in [-0.2, 0) is 9.47 Å². The van der Waals surface area contributed by atoms with Crippen molar-refractivity contribution in [1.82, 2.24) is 0 Å². The first-order valence-corrected chi connectivity index (χ1v) is 2.56. The van der Waals surface area contributed by atoms with Crippen LogP contribution < -0.4 is 0 Å². The van der Waals surface area contributed by atoms with Gasteiger partial charge in [0.15, 0.2) is 0 Å². The average Bonchev–Trinajstić information content (AvgIpc) is 1.65. The number of ether oxygens (including phenoxy) is 2. The molecule has 0 aromatic rings. The Bertz CT molecular complexity index is 76.6. The van der Waals surface area contributed by atoms with Gasteiger partial charge >= 0.3 is 0 Å². The van der Waals surface area contributed by atoms with Gasteiger partial charge in [-0.25, -0.2) is 0 Å². The maximum atomic E-state index is 4.98. The molecule has 0 fully saturated rings. The Morgan fingerprint density at radius 1 is 1.50 bits per heavy atom.